The highest BCUT2D eigenvalue weighted by atomic mass is 127. The number of esters is 1. The van der Waals surface area contributed by atoms with Crippen LogP contribution in [0, 0.1) is 11.8 Å². The first-order chi connectivity index (χ1) is 14.6. The molecule has 8 heteroatoms. The fourth-order valence-corrected chi connectivity index (χ4v) is 4.45. The predicted molar refractivity (Wildman–Crippen MR) is 136 cm³/mol. The van der Waals surface area contributed by atoms with Crippen molar-refractivity contribution >= 4 is 35.9 Å². The minimum Gasteiger partial charge on any atom is -0.469 e. The summed E-state index contributed by atoms with van der Waals surface area (Å²) in [5.41, 5.74) is 1.40. The maximum absolute atomic E-state index is 11.9. The van der Waals surface area contributed by atoms with Gasteiger partial charge in [-0.15, -0.1) is 24.0 Å². The monoisotopic (exact) mass is 543 g/mol. The van der Waals surface area contributed by atoms with Gasteiger partial charge in [0.2, 0.25) is 0 Å². The Kier molecular flexibility index (Phi) is 11.0. The van der Waals surface area contributed by atoms with Crippen molar-refractivity contribution in [3.63, 3.8) is 0 Å². The highest BCUT2D eigenvalue weighted by Crippen LogP contribution is 2.24. The minimum atomic E-state index is -0.119. The number of hydrogen-bond acceptors (Lipinski definition) is 5. The van der Waals surface area contributed by atoms with E-state index in [1.54, 1.807) is 0 Å². The summed E-state index contributed by atoms with van der Waals surface area (Å²) in [4.78, 5) is 23.6. The Balaban J connectivity index is 0.00000341. The topological polar surface area (TPSA) is 60.4 Å². The van der Waals surface area contributed by atoms with E-state index >= 15 is 0 Å². The maximum atomic E-state index is 11.9. The van der Waals surface area contributed by atoms with Crippen LogP contribution in [0.1, 0.15) is 18.9 Å². The summed E-state index contributed by atoms with van der Waals surface area (Å²) in [6.07, 6.45) is 1.08. The molecule has 1 aromatic rings. The van der Waals surface area contributed by atoms with Gasteiger partial charge in [-0.25, -0.2) is 0 Å². The molecule has 0 spiro atoms. The summed E-state index contributed by atoms with van der Waals surface area (Å²) in [5, 5.41) is 3.48. The van der Waals surface area contributed by atoms with Crippen LogP contribution >= 0.6 is 24.0 Å². The van der Waals surface area contributed by atoms with Crippen LogP contribution in [0.15, 0.2) is 35.3 Å². The molecule has 0 amide bonds. The van der Waals surface area contributed by atoms with E-state index in [2.05, 4.69) is 62.3 Å². The zero-order valence-corrected chi connectivity index (χ0v) is 21.5. The SMILES string of the molecule is CN=C(NCCCN1CCN(Cc2ccccc2)CC1)N1CC(C)C(C(=O)OC)C1.I. The van der Waals surface area contributed by atoms with Gasteiger partial charge in [-0.1, -0.05) is 37.3 Å². The van der Waals surface area contributed by atoms with Gasteiger partial charge in [-0.3, -0.25) is 14.7 Å². The van der Waals surface area contributed by atoms with Crippen molar-refractivity contribution in [1.82, 2.24) is 20.0 Å². The van der Waals surface area contributed by atoms with Crippen molar-refractivity contribution < 1.29 is 9.53 Å². The van der Waals surface area contributed by atoms with E-state index in [0.29, 0.717) is 6.54 Å². The molecule has 0 aliphatic carbocycles. The molecule has 2 fully saturated rings. The lowest BCUT2D eigenvalue weighted by Crippen LogP contribution is -2.47. The molecule has 7 nitrogen and oxygen atoms in total. The molecule has 2 aliphatic heterocycles. The number of piperazine rings is 1. The average Bonchev–Trinajstić information content (AvgIpc) is 3.16. The molecular formula is C23H38IN5O2. The number of likely N-dealkylation sites (tertiary alicyclic amines) is 1. The highest BCUT2D eigenvalue weighted by molar-refractivity contribution is 14.0. The number of rotatable bonds is 7. The van der Waals surface area contributed by atoms with Crippen molar-refractivity contribution in [2.24, 2.45) is 16.8 Å². The molecule has 0 saturated carbocycles. The van der Waals surface area contributed by atoms with Crippen LogP contribution in [0.2, 0.25) is 0 Å². The third-order valence-electron chi connectivity index (χ3n) is 6.28. The summed E-state index contributed by atoms with van der Waals surface area (Å²) in [6.45, 7) is 11.2. The first-order valence-corrected chi connectivity index (χ1v) is 11.1. The molecule has 1 N–H and O–H groups in total. The molecule has 0 bridgehead atoms. The number of carbonyl (C=O) groups excluding carboxylic acids is 1. The van der Waals surface area contributed by atoms with E-state index in [1.165, 1.54) is 12.7 Å². The van der Waals surface area contributed by atoms with Gasteiger partial charge in [-0.05, 0) is 24.4 Å². The third-order valence-corrected chi connectivity index (χ3v) is 6.28. The fraction of sp³-hybridized carbons (Fsp3) is 0.652. The van der Waals surface area contributed by atoms with E-state index in [1.807, 2.05) is 7.05 Å². The molecular weight excluding hydrogens is 505 g/mol. The molecule has 2 unspecified atom stereocenters. The summed E-state index contributed by atoms with van der Waals surface area (Å²) < 4.78 is 4.94. The number of nitrogens with zero attached hydrogens (tertiary/aromatic N) is 4. The summed E-state index contributed by atoms with van der Waals surface area (Å²) in [6, 6.07) is 10.7. The standard InChI is InChI=1S/C23H37N5O2.HI/c1-19-16-28(18-21(19)22(29)30-3)23(24-2)25-10-7-11-26-12-14-27(15-13-26)17-20-8-5-4-6-9-20;/h4-6,8-9,19,21H,7,10-18H2,1-3H3,(H,24,25);1H. The smallest absolute Gasteiger partial charge is 0.310 e. The quantitative estimate of drug-likeness (QED) is 0.187. The molecule has 0 radical (unpaired) electrons. The van der Waals surface area contributed by atoms with Gasteiger partial charge in [-0.2, -0.15) is 0 Å². The number of ether oxygens (including phenoxy) is 1. The molecule has 31 heavy (non-hydrogen) atoms. The van der Waals surface area contributed by atoms with Gasteiger partial charge in [0.25, 0.3) is 0 Å². The van der Waals surface area contributed by atoms with Gasteiger partial charge < -0.3 is 19.9 Å². The first-order valence-electron chi connectivity index (χ1n) is 11.1. The Labute approximate surface area is 204 Å². The number of aliphatic imine (C=N–C) groups is 1. The van der Waals surface area contributed by atoms with E-state index in [-0.39, 0.29) is 41.8 Å². The average molecular weight is 543 g/mol. The largest absolute Gasteiger partial charge is 0.469 e. The second-order valence-corrected chi connectivity index (χ2v) is 8.44. The lowest BCUT2D eigenvalue weighted by molar-refractivity contribution is -0.145. The van der Waals surface area contributed by atoms with Crippen molar-refractivity contribution in [2.45, 2.75) is 19.9 Å². The van der Waals surface area contributed by atoms with Crippen LogP contribution in [-0.2, 0) is 16.1 Å². The van der Waals surface area contributed by atoms with Gasteiger partial charge in [0.1, 0.15) is 0 Å². The second kappa shape index (κ2) is 13.2. The Morgan fingerprint density at radius 3 is 2.45 bits per heavy atom. The zero-order chi connectivity index (χ0) is 21.3. The molecule has 174 valence electrons. The van der Waals surface area contributed by atoms with Crippen LogP contribution in [-0.4, -0.2) is 93.1 Å². The first kappa shape index (κ1) is 25.9. The zero-order valence-electron chi connectivity index (χ0n) is 19.1. The molecule has 3 rings (SSSR count). The van der Waals surface area contributed by atoms with Crippen molar-refractivity contribution in [3.05, 3.63) is 35.9 Å². The number of halogens is 1. The van der Waals surface area contributed by atoms with Crippen LogP contribution in [0.5, 0.6) is 0 Å². The number of hydrogen-bond donors (Lipinski definition) is 1. The molecule has 0 aromatic heterocycles. The molecule has 2 atom stereocenters. The lowest BCUT2D eigenvalue weighted by atomic mass is 9.99. The highest BCUT2D eigenvalue weighted by Gasteiger charge is 2.36. The van der Waals surface area contributed by atoms with Gasteiger partial charge in [0, 0.05) is 59.4 Å². The summed E-state index contributed by atoms with van der Waals surface area (Å²) in [5.74, 6) is 0.983. The van der Waals surface area contributed by atoms with Crippen molar-refractivity contribution in [1.29, 1.82) is 0 Å². The maximum Gasteiger partial charge on any atom is 0.310 e. The lowest BCUT2D eigenvalue weighted by Gasteiger charge is -2.34. The molecule has 2 heterocycles. The van der Waals surface area contributed by atoms with E-state index < -0.39 is 0 Å². The fourth-order valence-electron chi connectivity index (χ4n) is 4.45. The summed E-state index contributed by atoms with van der Waals surface area (Å²) >= 11 is 0. The van der Waals surface area contributed by atoms with Crippen molar-refractivity contribution in [2.75, 3.05) is 66.5 Å². The van der Waals surface area contributed by atoms with Crippen LogP contribution < -0.4 is 5.32 Å². The van der Waals surface area contributed by atoms with Gasteiger partial charge >= 0.3 is 5.97 Å². The predicted octanol–water partition coefficient (Wildman–Crippen LogP) is 2.13. The van der Waals surface area contributed by atoms with E-state index in [4.69, 9.17) is 4.74 Å². The molecule has 1 aromatic carbocycles. The number of carbonyl (C=O) groups is 1. The number of nitrogens with one attached hydrogen (secondary N) is 1. The van der Waals surface area contributed by atoms with Gasteiger partial charge in [0.05, 0.1) is 13.0 Å². The number of methoxy groups -OCH3 is 1. The minimum absolute atomic E-state index is 0. The Morgan fingerprint density at radius 1 is 1.13 bits per heavy atom. The normalized spacial score (nSPS) is 22.8. The Hall–Kier alpha value is -1.39. The number of benzene rings is 1. The van der Waals surface area contributed by atoms with Gasteiger partial charge in [0.15, 0.2) is 5.96 Å². The van der Waals surface area contributed by atoms with Crippen molar-refractivity contribution in [3.8, 4) is 0 Å². The van der Waals surface area contributed by atoms with Crippen LogP contribution in [0.4, 0.5) is 0 Å². The molecule has 2 aliphatic rings. The second-order valence-electron chi connectivity index (χ2n) is 8.44. The Morgan fingerprint density at radius 2 is 1.81 bits per heavy atom. The number of guanidine groups is 1. The van der Waals surface area contributed by atoms with E-state index in [0.717, 1.165) is 64.7 Å². The van der Waals surface area contributed by atoms with Crippen LogP contribution in [0.3, 0.4) is 0 Å². The molecule has 2 saturated heterocycles. The Bertz CT molecular complexity index is 694. The van der Waals surface area contributed by atoms with E-state index in [9.17, 15) is 4.79 Å². The van der Waals surface area contributed by atoms with Crippen LogP contribution in [0.25, 0.3) is 0 Å². The third kappa shape index (κ3) is 7.61. The summed E-state index contributed by atoms with van der Waals surface area (Å²) in [7, 11) is 3.27.